The third-order valence-corrected chi connectivity index (χ3v) is 4.96. The van der Waals surface area contributed by atoms with Gasteiger partial charge >= 0.3 is 12.1 Å². The number of ether oxygens (including phenoxy) is 2. The fraction of sp³-hybridized carbons (Fsp3) is 0.565. The first kappa shape index (κ1) is 26.9. The number of amides is 3. The van der Waals surface area contributed by atoms with Gasteiger partial charge in [-0.2, -0.15) is 0 Å². The van der Waals surface area contributed by atoms with Crippen molar-refractivity contribution in [3.05, 3.63) is 35.9 Å². The minimum atomic E-state index is -0.883. The Morgan fingerprint density at radius 2 is 1.62 bits per heavy atom. The summed E-state index contributed by atoms with van der Waals surface area (Å²) in [6.45, 7) is 7.34. The molecular formula is C23H35N3O6. The predicted molar refractivity (Wildman–Crippen MR) is 119 cm³/mol. The largest absolute Gasteiger partial charge is 0.468 e. The van der Waals surface area contributed by atoms with Crippen molar-refractivity contribution in [2.45, 2.75) is 59.2 Å². The summed E-state index contributed by atoms with van der Waals surface area (Å²) in [5.74, 6) is -1.66. The fourth-order valence-electron chi connectivity index (χ4n) is 2.91. The highest BCUT2D eigenvalue weighted by Gasteiger charge is 2.30. The molecule has 32 heavy (non-hydrogen) atoms. The zero-order valence-electron chi connectivity index (χ0n) is 19.5. The van der Waals surface area contributed by atoms with Crippen molar-refractivity contribution in [1.29, 1.82) is 0 Å². The second-order valence-electron chi connectivity index (χ2n) is 8.05. The Kier molecular flexibility index (Phi) is 11.8. The summed E-state index contributed by atoms with van der Waals surface area (Å²) in [6, 6.07) is 7.46. The molecule has 0 saturated heterocycles. The van der Waals surface area contributed by atoms with Crippen LogP contribution in [0.15, 0.2) is 30.3 Å². The highest BCUT2D eigenvalue weighted by Crippen LogP contribution is 2.11. The van der Waals surface area contributed by atoms with E-state index in [1.807, 2.05) is 58.0 Å². The molecule has 0 aromatic heterocycles. The number of hydrogen-bond acceptors (Lipinski definition) is 6. The summed E-state index contributed by atoms with van der Waals surface area (Å²) < 4.78 is 9.76. The van der Waals surface area contributed by atoms with Gasteiger partial charge in [0.2, 0.25) is 11.8 Å². The first-order valence-corrected chi connectivity index (χ1v) is 10.8. The number of esters is 1. The summed E-state index contributed by atoms with van der Waals surface area (Å²) >= 11 is 0. The first-order valence-electron chi connectivity index (χ1n) is 10.8. The average Bonchev–Trinajstić information content (AvgIpc) is 2.78. The van der Waals surface area contributed by atoms with E-state index in [4.69, 9.17) is 4.74 Å². The minimum Gasteiger partial charge on any atom is -0.468 e. The van der Waals surface area contributed by atoms with Gasteiger partial charge in [-0.05, 0) is 23.8 Å². The van der Waals surface area contributed by atoms with Crippen molar-refractivity contribution >= 4 is 23.9 Å². The lowest BCUT2D eigenvalue weighted by Crippen LogP contribution is -2.56. The highest BCUT2D eigenvalue weighted by molar-refractivity contribution is 5.92. The van der Waals surface area contributed by atoms with Crippen LogP contribution >= 0.6 is 0 Å². The van der Waals surface area contributed by atoms with E-state index in [2.05, 4.69) is 20.7 Å². The molecule has 1 aromatic rings. The molecular weight excluding hydrogens is 414 g/mol. The van der Waals surface area contributed by atoms with Gasteiger partial charge in [-0.25, -0.2) is 4.79 Å². The Bertz CT molecular complexity index is 753. The van der Waals surface area contributed by atoms with Gasteiger partial charge in [0.25, 0.3) is 0 Å². The monoisotopic (exact) mass is 449 g/mol. The van der Waals surface area contributed by atoms with E-state index in [1.54, 1.807) is 0 Å². The Labute approximate surface area is 189 Å². The van der Waals surface area contributed by atoms with E-state index >= 15 is 0 Å². The van der Waals surface area contributed by atoms with Crippen LogP contribution in [0.3, 0.4) is 0 Å². The molecule has 9 nitrogen and oxygen atoms in total. The zero-order valence-corrected chi connectivity index (χ0v) is 19.5. The van der Waals surface area contributed by atoms with E-state index in [1.165, 1.54) is 7.11 Å². The van der Waals surface area contributed by atoms with Crippen LogP contribution in [0, 0.1) is 11.8 Å². The van der Waals surface area contributed by atoms with Crippen molar-refractivity contribution in [2.24, 2.45) is 11.8 Å². The molecule has 3 N–H and O–H groups in total. The molecule has 0 saturated carbocycles. The lowest BCUT2D eigenvalue weighted by molar-refractivity contribution is -0.141. The minimum absolute atomic E-state index is 0.0768. The van der Waals surface area contributed by atoms with Gasteiger partial charge in [0.05, 0.1) is 7.11 Å². The van der Waals surface area contributed by atoms with E-state index in [9.17, 15) is 19.2 Å². The number of methoxy groups -OCH3 is 1. The van der Waals surface area contributed by atoms with Gasteiger partial charge in [0.15, 0.2) is 0 Å². The SMILES string of the molecule is CCC(C)C(NC(=O)OCc1ccccc1)C(=O)NC(CC(C)C)C(=O)NCC(=O)OC. The van der Waals surface area contributed by atoms with E-state index in [0.29, 0.717) is 12.8 Å². The van der Waals surface area contributed by atoms with Crippen LogP contribution in [0.4, 0.5) is 4.79 Å². The van der Waals surface area contributed by atoms with Crippen molar-refractivity contribution in [3.63, 3.8) is 0 Å². The first-order chi connectivity index (χ1) is 15.2. The lowest BCUT2D eigenvalue weighted by Gasteiger charge is -2.26. The maximum Gasteiger partial charge on any atom is 0.408 e. The van der Waals surface area contributed by atoms with E-state index in [-0.39, 0.29) is 25.0 Å². The van der Waals surface area contributed by atoms with Crippen LogP contribution in [0.25, 0.3) is 0 Å². The Morgan fingerprint density at radius 1 is 0.969 bits per heavy atom. The van der Waals surface area contributed by atoms with Crippen LogP contribution in [0.5, 0.6) is 0 Å². The molecule has 1 aromatic carbocycles. The van der Waals surface area contributed by atoms with Gasteiger partial charge in [-0.1, -0.05) is 64.4 Å². The number of hydrogen-bond donors (Lipinski definition) is 3. The zero-order chi connectivity index (χ0) is 24.1. The topological polar surface area (TPSA) is 123 Å². The number of carbonyl (C=O) groups excluding carboxylic acids is 4. The van der Waals surface area contributed by atoms with Crippen LogP contribution in [-0.2, 0) is 30.5 Å². The van der Waals surface area contributed by atoms with E-state index < -0.39 is 36.0 Å². The smallest absolute Gasteiger partial charge is 0.408 e. The van der Waals surface area contributed by atoms with Crippen molar-refractivity contribution < 1.29 is 28.7 Å². The molecule has 0 radical (unpaired) electrons. The van der Waals surface area contributed by atoms with Crippen LogP contribution in [0.2, 0.25) is 0 Å². The standard InChI is InChI=1S/C23H35N3O6/c1-6-16(4)20(26-23(30)32-14-17-10-8-7-9-11-17)22(29)25-18(12-15(2)3)21(28)24-13-19(27)31-5/h7-11,15-16,18,20H,6,12-14H2,1-5H3,(H,24,28)(H,25,29)(H,26,30). The summed E-state index contributed by atoms with van der Waals surface area (Å²) in [7, 11) is 1.22. The molecule has 0 aliphatic rings. The molecule has 3 amide bonds. The maximum absolute atomic E-state index is 13.0. The highest BCUT2D eigenvalue weighted by atomic mass is 16.5. The van der Waals surface area contributed by atoms with Gasteiger partial charge in [0, 0.05) is 0 Å². The Balaban J connectivity index is 2.80. The van der Waals surface area contributed by atoms with Crippen LogP contribution in [0.1, 0.15) is 46.1 Å². The third-order valence-electron chi connectivity index (χ3n) is 4.96. The van der Waals surface area contributed by atoms with Gasteiger partial charge in [0.1, 0.15) is 25.2 Å². The molecule has 9 heteroatoms. The molecule has 3 atom stereocenters. The normalized spacial score (nSPS) is 13.4. The molecule has 0 fully saturated rings. The number of nitrogens with one attached hydrogen (secondary N) is 3. The van der Waals surface area contributed by atoms with Crippen LogP contribution in [-0.4, -0.2) is 49.6 Å². The van der Waals surface area contributed by atoms with Gasteiger partial charge in [-0.15, -0.1) is 0 Å². The van der Waals surface area contributed by atoms with E-state index in [0.717, 1.165) is 5.56 Å². The molecule has 178 valence electrons. The predicted octanol–water partition coefficient (Wildman–Crippen LogP) is 2.15. The molecule has 3 unspecified atom stereocenters. The molecule has 0 bridgehead atoms. The van der Waals surface area contributed by atoms with Crippen molar-refractivity contribution in [3.8, 4) is 0 Å². The summed E-state index contributed by atoms with van der Waals surface area (Å²) in [4.78, 5) is 49.2. The second kappa shape index (κ2) is 14.1. The summed E-state index contributed by atoms with van der Waals surface area (Å²) in [5, 5.41) is 7.79. The fourth-order valence-corrected chi connectivity index (χ4v) is 2.91. The van der Waals surface area contributed by atoms with Crippen molar-refractivity contribution in [2.75, 3.05) is 13.7 Å². The number of carbonyl (C=O) groups is 4. The van der Waals surface area contributed by atoms with Crippen LogP contribution < -0.4 is 16.0 Å². The van der Waals surface area contributed by atoms with Crippen molar-refractivity contribution in [1.82, 2.24) is 16.0 Å². The molecule has 0 aliphatic heterocycles. The molecule has 0 spiro atoms. The molecule has 0 heterocycles. The van der Waals surface area contributed by atoms with Gasteiger partial charge in [-0.3, -0.25) is 14.4 Å². The number of rotatable bonds is 12. The van der Waals surface area contributed by atoms with Gasteiger partial charge < -0.3 is 25.4 Å². The second-order valence-corrected chi connectivity index (χ2v) is 8.05. The quantitative estimate of drug-likeness (QED) is 0.420. The summed E-state index contributed by atoms with van der Waals surface area (Å²) in [5.41, 5.74) is 0.825. The maximum atomic E-state index is 13.0. The Morgan fingerprint density at radius 3 is 2.19 bits per heavy atom. The average molecular weight is 450 g/mol. The molecule has 0 aliphatic carbocycles. The number of alkyl carbamates (subject to hydrolysis) is 1. The third kappa shape index (κ3) is 9.80. The Hall–Kier alpha value is -3.10. The summed E-state index contributed by atoms with van der Waals surface area (Å²) in [6.07, 6.45) is 0.273. The molecule has 1 rings (SSSR count). The lowest BCUT2D eigenvalue weighted by atomic mass is 9.97. The number of benzene rings is 1.